The van der Waals surface area contributed by atoms with Gasteiger partial charge in [0.25, 0.3) is 0 Å². The van der Waals surface area contributed by atoms with Crippen molar-refractivity contribution >= 4 is 33.0 Å². The molecule has 2 aromatic rings. The van der Waals surface area contributed by atoms with E-state index in [0.717, 1.165) is 10.2 Å². The summed E-state index contributed by atoms with van der Waals surface area (Å²) in [7, 11) is 0. The maximum Gasteiger partial charge on any atom is 0.125 e. The predicted octanol–water partition coefficient (Wildman–Crippen LogP) is 4.31. The van der Waals surface area contributed by atoms with E-state index in [1.54, 1.807) is 18.2 Å². The molecule has 0 atom stereocenters. The van der Waals surface area contributed by atoms with Gasteiger partial charge in [-0.3, -0.25) is 0 Å². The summed E-state index contributed by atoms with van der Waals surface area (Å²) in [5.74, 6) is 0.372. The molecule has 3 nitrogen and oxygen atoms in total. The van der Waals surface area contributed by atoms with Crippen LogP contribution in [0.25, 0.3) is 0 Å². The first-order chi connectivity index (χ1) is 9.08. The van der Waals surface area contributed by atoms with Crippen LogP contribution in [0.2, 0.25) is 0 Å². The molecule has 2 aromatic carbocycles. The Bertz CT molecular complexity index is 590. The molecule has 0 fully saturated rings. The molecule has 2 rings (SSSR count). The van der Waals surface area contributed by atoms with Crippen LogP contribution in [0.4, 0.5) is 21.5 Å². The minimum Gasteiger partial charge on any atom is -0.494 e. The summed E-state index contributed by atoms with van der Waals surface area (Å²) in [5.41, 5.74) is 7.77. The average Bonchev–Trinajstić information content (AvgIpc) is 2.33. The first kappa shape index (κ1) is 13.7. The van der Waals surface area contributed by atoms with Gasteiger partial charge in [-0.1, -0.05) is 0 Å². The van der Waals surface area contributed by atoms with Gasteiger partial charge in [-0.15, -0.1) is 0 Å². The molecule has 0 aromatic heterocycles. The van der Waals surface area contributed by atoms with Crippen molar-refractivity contribution in [3.8, 4) is 5.75 Å². The normalized spacial score (nSPS) is 10.3. The fraction of sp³-hybridized carbons (Fsp3) is 0.143. The lowest BCUT2D eigenvalue weighted by molar-refractivity contribution is 0.340. The molecule has 0 radical (unpaired) electrons. The highest BCUT2D eigenvalue weighted by atomic mass is 79.9. The van der Waals surface area contributed by atoms with Crippen molar-refractivity contribution in [1.82, 2.24) is 0 Å². The molecule has 0 amide bonds. The van der Waals surface area contributed by atoms with Gasteiger partial charge in [0.05, 0.1) is 12.3 Å². The molecule has 0 heterocycles. The summed E-state index contributed by atoms with van der Waals surface area (Å²) in [6.45, 7) is 2.46. The molecule has 0 spiro atoms. The number of nitrogens with one attached hydrogen (secondary N) is 1. The van der Waals surface area contributed by atoms with E-state index in [0.29, 0.717) is 23.7 Å². The number of nitrogen functional groups attached to an aromatic ring is 1. The maximum atomic E-state index is 13.2. The lowest BCUT2D eigenvalue weighted by Gasteiger charge is -2.11. The first-order valence-electron chi connectivity index (χ1n) is 5.84. The average molecular weight is 325 g/mol. The smallest absolute Gasteiger partial charge is 0.125 e. The number of ether oxygens (including phenoxy) is 1. The van der Waals surface area contributed by atoms with Gasteiger partial charge in [0.1, 0.15) is 11.6 Å². The van der Waals surface area contributed by atoms with Crippen LogP contribution in [0.5, 0.6) is 5.75 Å². The van der Waals surface area contributed by atoms with Crippen LogP contribution in [0.1, 0.15) is 6.92 Å². The molecule has 0 aliphatic rings. The van der Waals surface area contributed by atoms with Gasteiger partial charge in [-0.05, 0) is 47.1 Å². The standard InChI is InChI=1S/C14H14BrFN2O/c1-2-19-12-7-10(17)6-11(8-12)18-14-5-9(16)3-4-13(14)15/h3-8,18H,2,17H2,1H3. The van der Waals surface area contributed by atoms with Gasteiger partial charge < -0.3 is 15.8 Å². The zero-order valence-electron chi connectivity index (χ0n) is 10.4. The lowest BCUT2D eigenvalue weighted by Crippen LogP contribution is -1.97. The van der Waals surface area contributed by atoms with E-state index < -0.39 is 0 Å². The molecule has 0 bridgehead atoms. The highest BCUT2D eigenvalue weighted by molar-refractivity contribution is 9.10. The molecule has 3 N–H and O–H groups in total. The van der Waals surface area contributed by atoms with E-state index in [1.807, 2.05) is 13.0 Å². The van der Waals surface area contributed by atoms with Crippen LogP contribution in [-0.2, 0) is 0 Å². The Morgan fingerprint density at radius 1 is 1.26 bits per heavy atom. The zero-order valence-corrected chi connectivity index (χ0v) is 12.0. The third-order valence-corrected chi connectivity index (χ3v) is 3.14. The number of nitrogens with two attached hydrogens (primary N) is 1. The Morgan fingerprint density at radius 3 is 2.79 bits per heavy atom. The van der Waals surface area contributed by atoms with Crippen molar-refractivity contribution in [3.05, 3.63) is 46.7 Å². The van der Waals surface area contributed by atoms with E-state index in [1.165, 1.54) is 12.1 Å². The Kier molecular flexibility index (Phi) is 4.27. The van der Waals surface area contributed by atoms with E-state index in [-0.39, 0.29) is 5.82 Å². The molecule has 0 aliphatic carbocycles. The quantitative estimate of drug-likeness (QED) is 0.824. The van der Waals surface area contributed by atoms with Crippen LogP contribution in [0.3, 0.4) is 0 Å². The Morgan fingerprint density at radius 2 is 2.05 bits per heavy atom. The van der Waals surface area contributed by atoms with Crippen molar-refractivity contribution < 1.29 is 9.13 Å². The van der Waals surface area contributed by atoms with Crippen molar-refractivity contribution in [2.75, 3.05) is 17.7 Å². The van der Waals surface area contributed by atoms with Gasteiger partial charge in [-0.2, -0.15) is 0 Å². The van der Waals surface area contributed by atoms with Gasteiger partial charge in [-0.25, -0.2) is 4.39 Å². The largest absolute Gasteiger partial charge is 0.494 e. The number of hydrogen-bond acceptors (Lipinski definition) is 3. The highest BCUT2D eigenvalue weighted by Crippen LogP contribution is 2.29. The van der Waals surface area contributed by atoms with Gasteiger partial charge in [0.15, 0.2) is 0 Å². The number of benzene rings is 2. The minimum atomic E-state index is -0.306. The summed E-state index contributed by atoms with van der Waals surface area (Å²) in [4.78, 5) is 0. The molecule has 0 unspecified atom stereocenters. The summed E-state index contributed by atoms with van der Waals surface area (Å²) in [6.07, 6.45) is 0. The minimum absolute atomic E-state index is 0.306. The summed E-state index contributed by atoms with van der Waals surface area (Å²) in [5, 5.41) is 3.11. The second kappa shape index (κ2) is 5.93. The SMILES string of the molecule is CCOc1cc(N)cc(Nc2cc(F)ccc2Br)c1. The Balaban J connectivity index is 2.29. The number of anilines is 3. The zero-order chi connectivity index (χ0) is 13.8. The Labute approximate surface area is 119 Å². The molecular weight excluding hydrogens is 311 g/mol. The predicted molar refractivity (Wildman–Crippen MR) is 79.4 cm³/mol. The molecule has 0 aliphatic heterocycles. The monoisotopic (exact) mass is 324 g/mol. The summed E-state index contributed by atoms with van der Waals surface area (Å²) in [6, 6.07) is 9.77. The molecule has 19 heavy (non-hydrogen) atoms. The van der Waals surface area contributed by atoms with Crippen molar-refractivity contribution in [2.45, 2.75) is 6.92 Å². The van der Waals surface area contributed by atoms with E-state index >= 15 is 0 Å². The van der Waals surface area contributed by atoms with Crippen LogP contribution < -0.4 is 15.8 Å². The number of rotatable bonds is 4. The molecule has 5 heteroatoms. The van der Waals surface area contributed by atoms with Gasteiger partial charge >= 0.3 is 0 Å². The molecule has 0 saturated carbocycles. The second-order valence-electron chi connectivity index (χ2n) is 3.97. The van der Waals surface area contributed by atoms with E-state index in [4.69, 9.17) is 10.5 Å². The Hall–Kier alpha value is -1.75. The topological polar surface area (TPSA) is 47.3 Å². The summed E-state index contributed by atoms with van der Waals surface area (Å²) >= 11 is 3.36. The third-order valence-electron chi connectivity index (χ3n) is 2.45. The fourth-order valence-electron chi connectivity index (χ4n) is 1.69. The highest BCUT2D eigenvalue weighted by Gasteiger charge is 2.04. The second-order valence-corrected chi connectivity index (χ2v) is 4.83. The number of hydrogen-bond donors (Lipinski definition) is 2. The van der Waals surface area contributed by atoms with E-state index in [9.17, 15) is 4.39 Å². The van der Waals surface area contributed by atoms with Crippen LogP contribution in [0.15, 0.2) is 40.9 Å². The lowest BCUT2D eigenvalue weighted by atomic mass is 10.2. The van der Waals surface area contributed by atoms with E-state index in [2.05, 4.69) is 21.2 Å². The molecule has 100 valence electrons. The maximum absolute atomic E-state index is 13.2. The van der Waals surface area contributed by atoms with Crippen LogP contribution in [0, 0.1) is 5.82 Å². The van der Waals surface area contributed by atoms with Gasteiger partial charge in [0, 0.05) is 28.0 Å². The first-order valence-corrected chi connectivity index (χ1v) is 6.63. The van der Waals surface area contributed by atoms with Gasteiger partial charge in [0.2, 0.25) is 0 Å². The molecular formula is C14H14BrFN2O. The third kappa shape index (κ3) is 3.61. The van der Waals surface area contributed by atoms with Crippen LogP contribution >= 0.6 is 15.9 Å². The van der Waals surface area contributed by atoms with Crippen molar-refractivity contribution in [2.24, 2.45) is 0 Å². The fourth-order valence-corrected chi connectivity index (χ4v) is 2.04. The number of halogens is 2. The van der Waals surface area contributed by atoms with Crippen molar-refractivity contribution in [3.63, 3.8) is 0 Å². The van der Waals surface area contributed by atoms with Crippen molar-refractivity contribution in [1.29, 1.82) is 0 Å². The summed E-state index contributed by atoms with van der Waals surface area (Å²) < 4.78 is 19.4. The molecule has 0 saturated heterocycles. The van der Waals surface area contributed by atoms with Crippen LogP contribution in [-0.4, -0.2) is 6.61 Å².